The molecule has 1 heterocycles. The zero-order valence-electron chi connectivity index (χ0n) is 18.0. The number of methoxy groups -OCH3 is 1. The summed E-state index contributed by atoms with van der Waals surface area (Å²) in [5.74, 6) is -1.23. The van der Waals surface area contributed by atoms with Gasteiger partial charge in [0.25, 0.3) is 5.91 Å². The Kier molecular flexibility index (Phi) is 8.26. The van der Waals surface area contributed by atoms with Crippen molar-refractivity contribution in [3.8, 4) is 5.75 Å². The van der Waals surface area contributed by atoms with Crippen LogP contribution in [0.4, 0.5) is 10.2 Å². The maximum Gasteiger partial charge on any atom is 0.337 e. The predicted molar refractivity (Wildman–Crippen MR) is 123 cm³/mol. The highest BCUT2D eigenvalue weighted by Gasteiger charge is 2.11. The molecule has 8 heteroatoms. The number of nitrogens with one attached hydrogen (secondary N) is 1. The van der Waals surface area contributed by atoms with Crippen LogP contribution in [0.2, 0.25) is 0 Å². The minimum Gasteiger partial charge on any atom is -0.493 e. The number of hydrogen-bond acceptors (Lipinski definition) is 5. The number of benzene rings is 2. The molecule has 3 aromatic rings. The maximum absolute atomic E-state index is 13.9. The molecule has 3 rings (SSSR count). The van der Waals surface area contributed by atoms with Crippen LogP contribution in [0, 0.1) is 5.82 Å². The molecule has 1 amide bonds. The molecule has 0 aliphatic heterocycles. The molecule has 1 aromatic heterocycles. The summed E-state index contributed by atoms with van der Waals surface area (Å²) >= 11 is 0. The van der Waals surface area contributed by atoms with Crippen LogP contribution in [0.25, 0.3) is 12.2 Å². The summed E-state index contributed by atoms with van der Waals surface area (Å²) in [6.07, 6.45) is 5.15. The summed E-state index contributed by atoms with van der Waals surface area (Å²) in [5, 5.41) is 11.6. The van der Waals surface area contributed by atoms with Gasteiger partial charge in [-0.05, 0) is 42.0 Å². The van der Waals surface area contributed by atoms with Crippen molar-refractivity contribution in [3.05, 3.63) is 88.9 Å². The van der Waals surface area contributed by atoms with Crippen LogP contribution >= 0.6 is 0 Å². The number of aromatic nitrogens is 1. The lowest BCUT2D eigenvalue weighted by atomic mass is 10.1. The molecule has 2 N–H and O–H groups in total. The van der Waals surface area contributed by atoms with Crippen LogP contribution in [0.5, 0.6) is 5.75 Å². The summed E-state index contributed by atoms with van der Waals surface area (Å²) in [5.41, 5.74) is 1.37. The van der Waals surface area contributed by atoms with E-state index in [1.807, 2.05) is 0 Å². The maximum atomic E-state index is 13.9. The summed E-state index contributed by atoms with van der Waals surface area (Å²) in [6.45, 7) is 0.936. The molecule has 0 fully saturated rings. The van der Waals surface area contributed by atoms with Gasteiger partial charge < -0.3 is 19.9 Å². The number of nitrogens with zero attached hydrogens (tertiary/aromatic N) is 1. The van der Waals surface area contributed by atoms with Gasteiger partial charge >= 0.3 is 5.97 Å². The minimum absolute atomic E-state index is 0.0139. The van der Waals surface area contributed by atoms with E-state index in [4.69, 9.17) is 14.6 Å². The molecule has 0 saturated heterocycles. The predicted octanol–water partition coefficient (Wildman–Crippen LogP) is 4.76. The molecule has 0 aliphatic rings. The van der Waals surface area contributed by atoms with E-state index in [1.54, 1.807) is 55.7 Å². The van der Waals surface area contributed by atoms with E-state index >= 15 is 0 Å². The number of pyridine rings is 1. The Balaban J connectivity index is 1.83. The minimum atomic E-state index is -1.11. The van der Waals surface area contributed by atoms with Gasteiger partial charge in [0.2, 0.25) is 0 Å². The number of carboxylic acids is 1. The summed E-state index contributed by atoms with van der Waals surface area (Å²) in [7, 11) is 1.60. The standard InChI is InChI=1S/C25H23FN2O5/c1-32-11-4-12-33-21-14-17(7-8-18-5-2-3-6-22(18)26)13-20(15-21)24(29)28-23-10-9-19(16-27-23)25(30)31/h2-3,5-10,13-16H,4,11-12H2,1H3,(H,30,31)(H,27,28,29)/b8-7+. The molecule has 0 saturated carbocycles. The third-order valence-corrected chi connectivity index (χ3v) is 4.57. The second-order valence-electron chi connectivity index (χ2n) is 7.03. The number of hydrogen-bond donors (Lipinski definition) is 2. The first-order valence-corrected chi connectivity index (χ1v) is 10.2. The van der Waals surface area contributed by atoms with Gasteiger partial charge in [0.05, 0.1) is 12.2 Å². The molecule has 0 atom stereocenters. The SMILES string of the molecule is COCCCOc1cc(/C=C/c2ccccc2F)cc(C(=O)Nc2ccc(C(=O)O)cn2)c1. The third-order valence-electron chi connectivity index (χ3n) is 4.57. The van der Waals surface area contributed by atoms with Crippen molar-refractivity contribution in [1.82, 2.24) is 4.98 Å². The lowest BCUT2D eigenvalue weighted by Gasteiger charge is -2.10. The highest BCUT2D eigenvalue weighted by molar-refractivity contribution is 6.04. The number of ether oxygens (including phenoxy) is 2. The van der Waals surface area contributed by atoms with Crippen molar-refractivity contribution >= 4 is 29.8 Å². The average Bonchev–Trinajstić information content (AvgIpc) is 2.81. The lowest BCUT2D eigenvalue weighted by Crippen LogP contribution is -2.14. The monoisotopic (exact) mass is 450 g/mol. The summed E-state index contributed by atoms with van der Waals surface area (Å²) in [6, 6.07) is 14.1. The van der Waals surface area contributed by atoms with Crippen molar-refractivity contribution in [2.24, 2.45) is 0 Å². The van der Waals surface area contributed by atoms with Crippen LogP contribution in [-0.2, 0) is 4.74 Å². The topological polar surface area (TPSA) is 97.8 Å². The van der Waals surface area contributed by atoms with E-state index in [1.165, 1.54) is 18.2 Å². The molecule has 0 spiro atoms. The first-order chi connectivity index (χ1) is 16.0. The number of halogens is 1. The number of anilines is 1. The fourth-order valence-corrected chi connectivity index (χ4v) is 2.91. The molecule has 0 bridgehead atoms. The number of rotatable bonds is 10. The lowest BCUT2D eigenvalue weighted by molar-refractivity contribution is 0.0696. The molecular weight excluding hydrogens is 427 g/mol. The molecule has 0 aliphatic carbocycles. The van der Waals surface area contributed by atoms with Gasteiger partial charge in [-0.1, -0.05) is 30.4 Å². The van der Waals surface area contributed by atoms with Crippen LogP contribution in [0.15, 0.2) is 60.8 Å². The molecule has 170 valence electrons. The fraction of sp³-hybridized carbons (Fsp3) is 0.160. The van der Waals surface area contributed by atoms with E-state index in [-0.39, 0.29) is 17.2 Å². The van der Waals surface area contributed by atoms with Gasteiger partial charge in [-0.25, -0.2) is 14.2 Å². The Labute approximate surface area is 190 Å². The van der Waals surface area contributed by atoms with E-state index in [0.29, 0.717) is 42.1 Å². The van der Waals surface area contributed by atoms with Gasteiger partial charge in [-0.15, -0.1) is 0 Å². The van der Waals surface area contributed by atoms with Gasteiger partial charge in [-0.2, -0.15) is 0 Å². The zero-order valence-corrected chi connectivity index (χ0v) is 18.0. The average molecular weight is 450 g/mol. The second-order valence-corrected chi connectivity index (χ2v) is 7.03. The summed E-state index contributed by atoms with van der Waals surface area (Å²) in [4.78, 5) is 27.7. The third kappa shape index (κ3) is 6.98. The van der Waals surface area contributed by atoms with Crippen molar-refractivity contribution in [2.45, 2.75) is 6.42 Å². The highest BCUT2D eigenvalue weighted by Crippen LogP contribution is 2.21. The molecular formula is C25H23FN2O5. The van der Waals surface area contributed by atoms with Gasteiger partial charge in [0.1, 0.15) is 17.4 Å². The number of carbonyl (C=O) groups is 2. The fourth-order valence-electron chi connectivity index (χ4n) is 2.91. The van der Waals surface area contributed by atoms with Gasteiger partial charge in [0, 0.05) is 37.5 Å². The number of carbonyl (C=O) groups excluding carboxylic acids is 1. The smallest absolute Gasteiger partial charge is 0.337 e. The van der Waals surface area contributed by atoms with E-state index in [0.717, 1.165) is 6.20 Å². The molecule has 7 nitrogen and oxygen atoms in total. The Hall–Kier alpha value is -4.04. The normalized spacial score (nSPS) is 10.8. The highest BCUT2D eigenvalue weighted by atomic mass is 19.1. The van der Waals surface area contributed by atoms with Crippen LogP contribution in [-0.4, -0.2) is 42.3 Å². The van der Waals surface area contributed by atoms with Crippen molar-refractivity contribution in [2.75, 3.05) is 25.6 Å². The van der Waals surface area contributed by atoms with E-state index < -0.39 is 11.9 Å². The van der Waals surface area contributed by atoms with Crippen LogP contribution in [0.3, 0.4) is 0 Å². The number of carboxylic acid groups (broad SMARTS) is 1. The number of amides is 1. The quantitative estimate of drug-likeness (QED) is 0.342. The molecule has 33 heavy (non-hydrogen) atoms. The second kappa shape index (κ2) is 11.5. The van der Waals surface area contributed by atoms with Crippen molar-refractivity contribution in [3.63, 3.8) is 0 Å². The largest absolute Gasteiger partial charge is 0.493 e. The number of aromatic carboxylic acids is 1. The first kappa shape index (κ1) is 23.6. The van der Waals surface area contributed by atoms with E-state index in [9.17, 15) is 14.0 Å². The van der Waals surface area contributed by atoms with Gasteiger partial charge in [-0.3, -0.25) is 4.79 Å². The Morgan fingerprint density at radius 2 is 1.88 bits per heavy atom. The first-order valence-electron chi connectivity index (χ1n) is 10.2. The molecule has 0 unspecified atom stereocenters. The zero-order chi connectivity index (χ0) is 23.6. The van der Waals surface area contributed by atoms with Crippen molar-refractivity contribution < 1.29 is 28.6 Å². The van der Waals surface area contributed by atoms with Crippen LogP contribution < -0.4 is 10.1 Å². The van der Waals surface area contributed by atoms with Crippen LogP contribution in [0.1, 0.15) is 38.3 Å². The van der Waals surface area contributed by atoms with Gasteiger partial charge in [0.15, 0.2) is 0 Å². The summed E-state index contributed by atoms with van der Waals surface area (Å²) < 4.78 is 24.7. The molecule has 0 radical (unpaired) electrons. The molecule has 2 aromatic carbocycles. The Morgan fingerprint density at radius 3 is 2.58 bits per heavy atom. The van der Waals surface area contributed by atoms with E-state index in [2.05, 4.69) is 10.3 Å². The van der Waals surface area contributed by atoms with Crippen molar-refractivity contribution in [1.29, 1.82) is 0 Å². The Bertz CT molecular complexity index is 1150. The Morgan fingerprint density at radius 1 is 1.06 bits per heavy atom.